The summed E-state index contributed by atoms with van der Waals surface area (Å²) < 4.78 is 10.9. The second-order valence-corrected chi connectivity index (χ2v) is 5.18. The van der Waals surface area contributed by atoms with Gasteiger partial charge in [0.1, 0.15) is 6.79 Å². The monoisotopic (exact) mass is 242 g/mol. The molecule has 2 nitrogen and oxygen atoms in total. The quantitative estimate of drug-likeness (QED) is 0.614. The number of hydrogen-bond acceptors (Lipinski definition) is 2. The lowest BCUT2D eigenvalue weighted by Gasteiger charge is -2.05. The second-order valence-electron chi connectivity index (χ2n) is 5.18. The van der Waals surface area contributed by atoms with Gasteiger partial charge in [-0.1, -0.05) is 64.2 Å². The zero-order valence-corrected chi connectivity index (χ0v) is 11.4. The predicted molar refractivity (Wildman–Crippen MR) is 72.2 cm³/mol. The minimum absolute atomic E-state index is 0.500. The van der Waals surface area contributed by atoms with Crippen LogP contribution in [0.25, 0.3) is 0 Å². The fourth-order valence-electron chi connectivity index (χ4n) is 2.35. The highest BCUT2D eigenvalue weighted by atomic mass is 16.7. The molecule has 1 aliphatic heterocycles. The molecule has 0 unspecified atom stereocenters. The molecule has 1 aliphatic rings. The average Bonchev–Trinajstić information content (AvgIpc) is 2.35. The van der Waals surface area contributed by atoms with E-state index in [-0.39, 0.29) is 0 Å². The molecule has 0 amide bonds. The fraction of sp³-hybridized carbons (Fsp3) is 1.00. The van der Waals surface area contributed by atoms with Gasteiger partial charge in [-0.15, -0.1) is 0 Å². The van der Waals surface area contributed by atoms with Crippen LogP contribution in [0.3, 0.4) is 0 Å². The van der Waals surface area contributed by atoms with Crippen molar-refractivity contribution in [3.63, 3.8) is 0 Å². The average molecular weight is 242 g/mol. The van der Waals surface area contributed by atoms with E-state index in [0.717, 1.165) is 13.2 Å². The highest BCUT2D eigenvalue weighted by Gasteiger charge is 1.96. The van der Waals surface area contributed by atoms with Gasteiger partial charge in [0, 0.05) is 13.2 Å². The molecule has 0 spiro atoms. The Morgan fingerprint density at radius 2 is 0.647 bits per heavy atom. The van der Waals surface area contributed by atoms with E-state index in [1.807, 2.05) is 0 Å². The number of rotatable bonds is 0. The van der Waals surface area contributed by atoms with Crippen molar-refractivity contribution in [2.24, 2.45) is 0 Å². The first-order valence-electron chi connectivity index (χ1n) is 7.65. The lowest BCUT2D eigenvalue weighted by molar-refractivity contribution is -0.0555. The highest BCUT2D eigenvalue weighted by Crippen LogP contribution is 2.12. The number of hydrogen-bond donors (Lipinski definition) is 0. The van der Waals surface area contributed by atoms with Crippen LogP contribution in [0.15, 0.2) is 0 Å². The Kier molecular flexibility index (Phi) is 10.9. The molecule has 1 saturated heterocycles. The van der Waals surface area contributed by atoms with E-state index in [4.69, 9.17) is 9.47 Å². The highest BCUT2D eigenvalue weighted by molar-refractivity contribution is 4.49. The molecule has 1 rings (SSSR count). The molecule has 1 fully saturated rings. The van der Waals surface area contributed by atoms with Crippen LogP contribution in [0.5, 0.6) is 0 Å². The fourth-order valence-corrected chi connectivity index (χ4v) is 2.35. The van der Waals surface area contributed by atoms with Crippen molar-refractivity contribution in [2.75, 3.05) is 20.0 Å². The Hall–Kier alpha value is -0.0800. The normalized spacial score (nSPS) is 24.0. The summed E-state index contributed by atoms with van der Waals surface area (Å²) >= 11 is 0. The Balaban J connectivity index is 2.01. The van der Waals surface area contributed by atoms with E-state index in [2.05, 4.69) is 0 Å². The van der Waals surface area contributed by atoms with Crippen LogP contribution in [0.2, 0.25) is 0 Å². The maximum atomic E-state index is 5.44. The molecule has 0 saturated carbocycles. The molecule has 2 heteroatoms. The van der Waals surface area contributed by atoms with Crippen LogP contribution >= 0.6 is 0 Å². The molecule has 0 aromatic carbocycles. The Labute approximate surface area is 107 Å². The summed E-state index contributed by atoms with van der Waals surface area (Å²) in [4.78, 5) is 0. The summed E-state index contributed by atoms with van der Waals surface area (Å²) in [6.07, 6.45) is 16.4. The maximum Gasteiger partial charge on any atom is 0.146 e. The lowest BCUT2D eigenvalue weighted by atomic mass is 10.1. The second kappa shape index (κ2) is 12.4. The maximum absolute atomic E-state index is 5.44. The number of ether oxygens (including phenoxy) is 2. The minimum atomic E-state index is 0.500. The zero-order chi connectivity index (χ0) is 12.0. The topological polar surface area (TPSA) is 18.5 Å². The van der Waals surface area contributed by atoms with Gasteiger partial charge >= 0.3 is 0 Å². The van der Waals surface area contributed by atoms with Crippen molar-refractivity contribution in [1.82, 2.24) is 0 Å². The zero-order valence-electron chi connectivity index (χ0n) is 11.4. The van der Waals surface area contributed by atoms with E-state index in [9.17, 15) is 0 Å². The molecular weight excluding hydrogens is 212 g/mol. The molecule has 0 atom stereocenters. The molecule has 1 heterocycles. The van der Waals surface area contributed by atoms with Crippen LogP contribution < -0.4 is 0 Å². The summed E-state index contributed by atoms with van der Waals surface area (Å²) in [7, 11) is 0. The van der Waals surface area contributed by atoms with Crippen LogP contribution in [0, 0.1) is 0 Å². The predicted octanol–water partition coefficient (Wildman–Crippen LogP) is 4.67. The van der Waals surface area contributed by atoms with Crippen molar-refractivity contribution < 1.29 is 9.47 Å². The van der Waals surface area contributed by atoms with Gasteiger partial charge in [-0.3, -0.25) is 0 Å². The minimum Gasteiger partial charge on any atom is -0.355 e. The van der Waals surface area contributed by atoms with Gasteiger partial charge < -0.3 is 9.47 Å². The van der Waals surface area contributed by atoms with Gasteiger partial charge in [0.15, 0.2) is 0 Å². The molecular formula is C15H30O2. The SMILES string of the molecule is C1CCCCCCCOCOCCCCCC1. The van der Waals surface area contributed by atoms with E-state index in [1.54, 1.807) is 0 Å². The standard InChI is InChI=1S/C15H30O2/c1-2-4-6-8-10-12-14-17-15-16-13-11-9-7-5-3-1/h1-15H2. The van der Waals surface area contributed by atoms with Gasteiger partial charge in [0.2, 0.25) is 0 Å². The van der Waals surface area contributed by atoms with E-state index in [0.29, 0.717) is 6.79 Å². The molecule has 0 aliphatic carbocycles. The first-order chi connectivity index (χ1) is 8.50. The molecule has 0 aromatic heterocycles. The third kappa shape index (κ3) is 10.8. The van der Waals surface area contributed by atoms with Crippen molar-refractivity contribution in [2.45, 2.75) is 77.0 Å². The summed E-state index contributed by atoms with van der Waals surface area (Å²) in [6.45, 7) is 2.25. The van der Waals surface area contributed by atoms with Crippen molar-refractivity contribution in [3.05, 3.63) is 0 Å². The first-order valence-corrected chi connectivity index (χ1v) is 7.65. The third-order valence-electron chi connectivity index (χ3n) is 3.49. The molecule has 0 bridgehead atoms. The van der Waals surface area contributed by atoms with Gasteiger partial charge in [-0.2, -0.15) is 0 Å². The summed E-state index contributed by atoms with van der Waals surface area (Å²) in [5.74, 6) is 0. The summed E-state index contributed by atoms with van der Waals surface area (Å²) in [5.41, 5.74) is 0. The van der Waals surface area contributed by atoms with Gasteiger partial charge in [-0.25, -0.2) is 0 Å². The molecule has 0 aromatic rings. The Morgan fingerprint density at radius 3 is 1.00 bits per heavy atom. The van der Waals surface area contributed by atoms with Crippen LogP contribution in [0.4, 0.5) is 0 Å². The molecule has 17 heavy (non-hydrogen) atoms. The van der Waals surface area contributed by atoms with Gasteiger partial charge in [0.25, 0.3) is 0 Å². The largest absolute Gasteiger partial charge is 0.355 e. The van der Waals surface area contributed by atoms with Crippen LogP contribution in [0.1, 0.15) is 77.0 Å². The van der Waals surface area contributed by atoms with Crippen LogP contribution in [-0.4, -0.2) is 20.0 Å². The van der Waals surface area contributed by atoms with Gasteiger partial charge in [-0.05, 0) is 12.8 Å². The van der Waals surface area contributed by atoms with Crippen molar-refractivity contribution >= 4 is 0 Å². The van der Waals surface area contributed by atoms with Crippen LogP contribution in [-0.2, 0) is 9.47 Å². The van der Waals surface area contributed by atoms with E-state index < -0.39 is 0 Å². The third-order valence-corrected chi connectivity index (χ3v) is 3.49. The lowest BCUT2D eigenvalue weighted by Crippen LogP contribution is -2.03. The van der Waals surface area contributed by atoms with Crippen molar-refractivity contribution in [3.8, 4) is 0 Å². The molecule has 0 radical (unpaired) electrons. The van der Waals surface area contributed by atoms with Crippen molar-refractivity contribution in [1.29, 1.82) is 0 Å². The van der Waals surface area contributed by atoms with Gasteiger partial charge in [0.05, 0.1) is 0 Å². The first kappa shape index (κ1) is 15.0. The molecule has 0 N–H and O–H groups in total. The van der Waals surface area contributed by atoms with E-state index >= 15 is 0 Å². The molecule has 102 valence electrons. The summed E-state index contributed by atoms with van der Waals surface area (Å²) in [6, 6.07) is 0. The smallest absolute Gasteiger partial charge is 0.146 e. The Bertz CT molecular complexity index is 78.4. The van der Waals surface area contributed by atoms with E-state index in [1.165, 1.54) is 77.0 Å². The summed E-state index contributed by atoms with van der Waals surface area (Å²) in [5, 5.41) is 0. The Morgan fingerprint density at radius 1 is 0.353 bits per heavy atom.